The van der Waals surface area contributed by atoms with Crippen molar-refractivity contribution in [2.75, 3.05) is 23.3 Å². The molecule has 1 aliphatic heterocycles. The van der Waals surface area contributed by atoms with Crippen molar-refractivity contribution in [3.8, 4) is 0 Å². The molecule has 124 valence electrons. The number of nitrogens with zero attached hydrogens (tertiary/aromatic N) is 3. The average Bonchev–Trinajstić information content (AvgIpc) is 2.55. The number of hydrogen-bond donors (Lipinski definition) is 1. The van der Waals surface area contributed by atoms with Crippen molar-refractivity contribution in [2.24, 2.45) is 0 Å². The molecule has 1 aliphatic rings. The lowest BCUT2D eigenvalue weighted by Crippen LogP contribution is -2.32. The van der Waals surface area contributed by atoms with Crippen molar-refractivity contribution in [3.05, 3.63) is 46.6 Å². The Kier molecular flexibility index (Phi) is 5.83. The number of hydrogen-bond acceptors (Lipinski definition) is 4. The molecule has 0 unspecified atom stereocenters. The van der Waals surface area contributed by atoms with Gasteiger partial charge in [-0.1, -0.05) is 31.2 Å². The molecular weight excluding hydrogens is 308 g/mol. The smallest absolute Gasteiger partial charge is 0.224 e. The Morgan fingerprint density at radius 2 is 1.87 bits per heavy atom. The van der Waals surface area contributed by atoms with Crippen LogP contribution < -0.4 is 10.2 Å². The molecule has 5 heteroatoms. The van der Waals surface area contributed by atoms with Crippen LogP contribution in [0.2, 0.25) is 0 Å². The zero-order chi connectivity index (χ0) is 15.5. The second-order valence-corrected chi connectivity index (χ2v) is 5.95. The first-order valence-electron chi connectivity index (χ1n) is 8.10. The van der Waals surface area contributed by atoms with Crippen LogP contribution in [-0.4, -0.2) is 23.1 Å². The van der Waals surface area contributed by atoms with Gasteiger partial charge in [0.1, 0.15) is 5.82 Å². The summed E-state index contributed by atoms with van der Waals surface area (Å²) in [5, 5.41) is 3.31. The van der Waals surface area contributed by atoms with Gasteiger partial charge in [0.05, 0.1) is 0 Å². The first-order valence-corrected chi connectivity index (χ1v) is 8.10. The van der Waals surface area contributed by atoms with Crippen LogP contribution in [-0.2, 0) is 13.0 Å². The third-order valence-corrected chi connectivity index (χ3v) is 4.33. The molecule has 0 aliphatic carbocycles. The summed E-state index contributed by atoms with van der Waals surface area (Å²) in [6, 6.07) is 8.70. The third kappa shape index (κ3) is 3.75. The SMILES string of the molecule is CCCNc1nc(C)c(C)c(N2CCc3ccccc3C2)n1.Cl. The van der Waals surface area contributed by atoms with E-state index in [0.29, 0.717) is 0 Å². The highest BCUT2D eigenvalue weighted by molar-refractivity contribution is 5.85. The zero-order valence-corrected chi connectivity index (χ0v) is 14.9. The van der Waals surface area contributed by atoms with Crippen LogP contribution in [0.5, 0.6) is 0 Å². The van der Waals surface area contributed by atoms with Gasteiger partial charge in [-0.2, -0.15) is 4.98 Å². The van der Waals surface area contributed by atoms with Crippen molar-refractivity contribution >= 4 is 24.2 Å². The molecule has 23 heavy (non-hydrogen) atoms. The molecule has 0 amide bonds. The number of fused-ring (bicyclic) bond motifs is 1. The fourth-order valence-electron chi connectivity index (χ4n) is 2.91. The van der Waals surface area contributed by atoms with E-state index >= 15 is 0 Å². The third-order valence-electron chi connectivity index (χ3n) is 4.33. The first kappa shape index (κ1) is 17.5. The molecule has 0 atom stereocenters. The number of aryl methyl sites for hydroxylation is 1. The minimum atomic E-state index is 0. The molecular formula is C18H25ClN4. The van der Waals surface area contributed by atoms with Crippen molar-refractivity contribution in [1.29, 1.82) is 0 Å². The van der Waals surface area contributed by atoms with E-state index in [-0.39, 0.29) is 12.4 Å². The van der Waals surface area contributed by atoms with Crippen LogP contribution in [0.25, 0.3) is 0 Å². The van der Waals surface area contributed by atoms with Crippen LogP contribution in [0, 0.1) is 13.8 Å². The van der Waals surface area contributed by atoms with Crippen LogP contribution in [0.15, 0.2) is 24.3 Å². The van der Waals surface area contributed by atoms with Gasteiger partial charge >= 0.3 is 0 Å². The maximum absolute atomic E-state index is 4.77. The number of rotatable bonds is 4. The van der Waals surface area contributed by atoms with Gasteiger partial charge in [0.2, 0.25) is 5.95 Å². The molecule has 2 heterocycles. The molecule has 0 saturated heterocycles. The van der Waals surface area contributed by atoms with Crippen molar-refractivity contribution in [3.63, 3.8) is 0 Å². The lowest BCUT2D eigenvalue weighted by Gasteiger charge is -2.31. The van der Waals surface area contributed by atoms with Gasteiger partial charge in [-0.3, -0.25) is 0 Å². The fraction of sp³-hybridized carbons (Fsp3) is 0.444. The van der Waals surface area contributed by atoms with Crippen LogP contribution >= 0.6 is 12.4 Å². The Labute approximate surface area is 144 Å². The van der Waals surface area contributed by atoms with Crippen molar-refractivity contribution < 1.29 is 0 Å². The summed E-state index contributed by atoms with van der Waals surface area (Å²) < 4.78 is 0. The lowest BCUT2D eigenvalue weighted by molar-refractivity contribution is 0.715. The minimum Gasteiger partial charge on any atom is -0.354 e. The van der Waals surface area contributed by atoms with E-state index in [9.17, 15) is 0 Å². The number of nitrogens with one attached hydrogen (secondary N) is 1. The van der Waals surface area contributed by atoms with Gasteiger partial charge in [-0.25, -0.2) is 4.98 Å². The Hall–Kier alpha value is -1.81. The highest BCUT2D eigenvalue weighted by Gasteiger charge is 2.20. The summed E-state index contributed by atoms with van der Waals surface area (Å²) in [5.41, 5.74) is 5.11. The average molecular weight is 333 g/mol. The lowest BCUT2D eigenvalue weighted by atomic mass is 9.99. The van der Waals surface area contributed by atoms with E-state index < -0.39 is 0 Å². The standard InChI is InChI=1S/C18H24N4.ClH/c1-4-10-19-18-20-14(3)13(2)17(21-18)22-11-9-15-7-5-6-8-16(15)12-22;/h5-8H,4,9-12H2,1-3H3,(H,19,20,21);1H. The molecule has 3 rings (SSSR count). The first-order chi connectivity index (χ1) is 10.7. The van der Waals surface area contributed by atoms with Crippen molar-refractivity contribution in [1.82, 2.24) is 9.97 Å². The number of aromatic nitrogens is 2. The molecule has 0 spiro atoms. The second-order valence-electron chi connectivity index (χ2n) is 5.95. The predicted molar refractivity (Wildman–Crippen MR) is 98.7 cm³/mol. The largest absolute Gasteiger partial charge is 0.354 e. The summed E-state index contributed by atoms with van der Waals surface area (Å²) in [5.74, 6) is 1.82. The number of anilines is 2. The van der Waals surface area contributed by atoms with Crippen molar-refractivity contribution in [2.45, 2.75) is 40.2 Å². The topological polar surface area (TPSA) is 41.1 Å². The summed E-state index contributed by atoms with van der Waals surface area (Å²) >= 11 is 0. The summed E-state index contributed by atoms with van der Waals surface area (Å²) in [6.45, 7) is 9.19. The molecule has 1 aromatic heterocycles. The molecule has 0 saturated carbocycles. The summed E-state index contributed by atoms with van der Waals surface area (Å²) in [7, 11) is 0. The van der Waals surface area contributed by atoms with Crippen LogP contribution in [0.4, 0.5) is 11.8 Å². The van der Waals surface area contributed by atoms with Gasteiger partial charge in [0.25, 0.3) is 0 Å². The van der Waals surface area contributed by atoms with Gasteiger partial charge in [-0.15, -0.1) is 12.4 Å². The maximum Gasteiger partial charge on any atom is 0.224 e. The van der Waals surface area contributed by atoms with E-state index in [4.69, 9.17) is 4.98 Å². The monoisotopic (exact) mass is 332 g/mol. The quantitative estimate of drug-likeness (QED) is 0.922. The Bertz CT molecular complexity index is 672. The molecule has 1 aromatic carbocycles. The molecule has 1 N–H and O–H groups in total. The van der Waals surface area contributed by atoms with Crippen LogP contribution in [0.3, 0.4) is 0 Å². The van der Waals surface area contributed by atoms with Gasteiger partial charge < -0.3 is 10.2 Å². The molecule has 0 bridgehead atoms. The maximum atomic E-state index is 4.77. The van der Waals surface area contributed by atoms with Gasteiger partial charge in [0, 0.05) is 30.9 Å². The predicted octanol–water partition coefficient (Wildman–Crippen LogP) is 3.90. The van der Waals surface area contributed by atoms with Crippen LogP contribution in [0.1, 0.15) is 35.7 Å². The van der Waals surface area contributed by atoms with E-state index in [1.165, 1.54) is 16.7 Å². The molecule has 4 nitrogen and oxygen atoms in total. The minimum absolute atomic E-state index is 0. The number of benzene rings is 1. The van der Waals surface area contributed by atoms with E-state index in [1.807, 2.05) is 0 Å². The molecule has 0 radical (unpaired) electrons. The van der Waals surface area contributed by atoms with E-state index in [2.05, 4.69) is 60.2 Å². The Morgan fingerprint density at radius 1 is 1.13 bits per heavy atom. The Morgan fingerprint density at radius 3 is 2.61 bits per heavy atom. The molecule has 0 fully saturated rings. The summed E-state index contributed by atoms with van der Waals surface area (Å²) in [6.07, 6.45) is 2.15. The van der Waals surface area contributed by atoms with Gasteiger partial charge in [-0.05, 0) is 37.8 Å². The van der Waals surface area contributed by atoms with Gasteiger partial charge in [0.15, 0.2) is 0 Å². The molecule has 2 aromatic rings. The highest BCUT2D eigenvalue weighted by Crippen LogP contribution is 2.27. The second kappa shape index (κ2) is 7.64. The van der Waals surface area contributed by atoms with E-state index in [1.54, 1.807) is 0 Å². The van der Waals surface area contributed by atoms with E-state index in [0.717, 1.165) is 49.9 Å². The number of halogens is 1. The highest BCUT2D eigenvalue weighted by atomic mass is 35.5. The fourth-order valence-corrected chi connectivity index (χ4v) is 2.91. The summed E-state index contributed by atoms with van der Waals surface area (Å²) in [4.78, 5) is 11.7. The zero-order valence-electron chi connectivity index (χ0n) is 14.1. The Balaban J connectivity index is 0.00000192. The normalized spacial score (nSPS) is 13.3.